The van der Waals surface area contributed by atoms with Crippen molar-refractivity contribution in [1.82, 2.24) is 10.2 Å². The molecule has 5 heteroatoms. The van der Waals surface area contributed by atoms with Gasteiger partial charge in [-0.25, -0.2) is 0 Å². The highest BCUT2D eigenvalue weighted by molar-refractivity contribution is 9.10. The van der Waals surface area contributed by atoms with Crippen molar-refractivity contribution < 1.29 is 4.79 Å². The fraction of sp³-hybridized carbons (Fsp3) is 0.588. The lowest BCUT2D eigenvalue weighted by molar-refractivity contribution is -0.118. The van der Waals surface area contributed by atoms with Crippen molar-refractivity contribution in [2.45, 2.75) is 43.5 Å². The average Bonchev–Trinajstić information content (AvgIpc) is 2.52. The number of benzene rings is 1. The third-order valence-corrected chi connectivity index (χ3v) is 5.61. The van der Waals surface area contributed by atoms with Crippen molar-refractivity contribution in [2.75, 3.05) is 25.4 Å². The molecular weight excluding hydrogens is 360 g/mol. The van der Waals surface area contributed by atoms with Gasteiger partial charge in [0.05, 0.1) is 5.75 Å². The number of nitrogens with one attached hydrogen (secondary N) is 1. The molecule has 1 heterocycles. The molecule has 3 nitrogen and oxygen atoms in total. The van der Waals surface area contributed by atoms with Gasteiger partial charge in [-0.3, -0.25) is 4.79 Å². The van der Waals surface area contributed by atoms with E-state index in [1.54, 1.807) is 11.8 Å². The molecule has 1 amide bonds. The second kappa shape index (κ2) is 9.58. The van der Waals surface area contributed by atoms with E-state index in [4.69, 9.17) is 0 Å². The van der Waals surface area contributed by atoms with Crippen LogP contribution in [0.25, 0.3) is 0 Å². The summed E-state index contributed by atoms with van der Waals surface area (Å²) in [6.07, 6.45) is 5.04. The minimum absolute atomic E-state index is 0.125. The van der Waals surface area contributed by atoms with Crippen molar-refractivity contribution in [3.05, 3.63) is 28.7 Å². The number of piperidine rings is 1. The maximum absolute atomic E-state index is 11.8. The summed E-state index contributed by atoms with van der Waals surface area (Å²) < 4.78 is 1.06. The second-order valence-electron chi connectivity index (χ2n) is 5.83. The molecule has 2 rings (SSSR count). The van der Waals surface area contributed by atoms with Crippen LogP contribution in [0.5, 0.6) is 0 Å². The standard InChI is InChI=1S/C17H25BrN2OS/c1-14-5-2-3-11-20(14)12-4-10-19-17(21)13-22-16-8-6-15(18)7-9-16/h6-9,14H,2-5,10-13H2,1H3,(H,19,21)/t14-/m0/s1. The van der Waals surface area contributed by atoms with Gasteiger partial charge in [0.25, 0.3) is 0 Å². The molecule has 0 unspecified atom stereocenters. The first-order chi connectivity index (χ1) is 10.6. The molecule has 1 fully saturated rings. The minimum Gasteiger partial charge on any atom is -0.355 e. The van der Waals surface area contributed by atoms with E-state index in [-0.39, 0.29) is 5.91 Å². The number of amides is 1. The molecule has 1 aliphatic heterocycles. The zero-order chi connectivity index (χ0) is 15.8. The fourth-order valence-corrected chi connectivity index (χ4v) is 3.72. The largest absolute Gasteiger partial charge is 0.355 e. The van der Waals surface area contributed by atoms with Gasteiger partial charge in [0.2, 0.25) is 5.91 Å². The van der Waals surface area contributed by atoms with Crippen LogP contribution < -0.4 is 5.32 Å². The number of hydrogen-bond acceptors (Lipinski definition) is 3. The zero-order valence-electron chi connectivity index (χ0n) is 13.2. The molecule has 0 spiro atoms. The number of carbonyl (C=O) groups is 1. The molecule has 0 saturated carbocycles. The summed E-state index contributed by atoms with van der Waals surface area (Å²) >= 11 is 4.99. The molecule has 0 radical (unpaired) electrons. The van der Waals surface area contributed by atoms with Gasteiger partial charge in [0.1, 0.15) is 0 Å². The van der Waals surface area contributed by atoms with E-state index in [1.807, 2.05) is 24.3 Å². The molecule has 0 aliphatic carbocycles. The van der Waals surface area contributed by atoms with Crippen molar-refractivity contribution in [2.24, 2.45) is 0 Å². The first-order valence-electron chi connectivity index (χ1n) is 8.04. The van der Waals surface area contributed by atoms with Gasteiger partial charge in [-0.05, 0) is 57.0 Å². The number of carbonyl (C=O) groups excluding carboxylic acids is 1. The van der Waals surface area contributed by atoms with Crippen LogP contribution in [-0.4, -0.2) is 42.2 Å². The van der Waals surface area contributed by atoms with E-state index < -0.39 is 0 Å². The highest BCUT2D eigenvalue weighted by Crippen LogP contribution is 2.20. The number of likely N-dealkylation sites (tertiary alicyclic amines) is 1. The maximum atomic E-state index is 11.8. The van der Waals surface area contributed by atoms with Crippen molar-refractivity contribution >= 4 is 33.6 Å². The van der Waals surface area contributed by atoms with Gasteiger partial charge in [0, 0.05) is 28.5 Å². The Labute approximate surface area is 146 Å². The van der Waals surface area contributed by atoms with E-state index in [9.17, 15) is 4.79 Å². The molecule has 1 aliphatic rings. The predicted octanol–water partition coefficient (Wildman–Crippen LogP) is 3.92. The van der Waals surface area contributed by atoms with E-state index in [0.717, 1.165) is 28.9 Å². The van der Waals surface area contributed by atoms with E-state index >= 15 is 0 Å². The SMILES string of the molecule is C[C@H]1CCCCN1CCCNC(=O)CSc1ccc(Br)cc1. The Morgan fingerprint density at radius 3 is 2.86 bits per heavy atom. The predicted molar refractivity (Wildman–Crippen MR) is 97.4 cm³/mol. The summed E-state index contributed by atoms with van der Waals surface area (Å²) in [6, 6.07) is 8.76. The summed E-state index contributed by atoms with van der Waals surface area (Å²) in [7, 11) is 0. The smallest absolute Gasteiger partial charge is 0.230 e. The first kappa shape index (κ1) is 17.8. The maximum Gasteiger partial charge on any atom is 0.230 e. The number of nitrogens with zero attached hydrogens (tertiary/aromatic N) is 1. The number of halogens is 1. The first-order valence-corrected chi connectivity index (χ1v) is 9.82. The molecule has 122 valence electrons. The number of rotatable bonds is 7. The molecule has 1 aromatic rings. The summed E-state index contributed by atoms with van der Waals surface area (Å²) in [4.78, 5) is 15.5. The van der Waals surface area contributed by atoms with Gasteiger partial charge in [-0.15, -0.1) is 11.8 Å². The van der Waals surface area contributed by atoms with E-state index in [1.165, 1.54) is 25.8 Å². The minimum atomic E-state index is 0.125. The molecular formula is C17H25BrN2OS. The molecule has 1 atom stereocenters. The third-order valence-electron chi connectivity index (χ3n) is 4.07. The van der Waals surface area contributed by atoms with Crippen LogP contribution in [0.1, 0.15) is 32.6 Å². The van der Waals surface area contributed by atoms with E-state index in [2.05, 4.69) is 33.1 Å². The Hall–Kier alpha value is -0.520. The molecule has 22 heavy (non-hydrogen) atoms. The van der Waals surface area contributed by atoms with Crippen molar-refractivity contribution in [3.63, 3.8) is 0 Å². The zero-order valence-corrected chi connectivity index (χ0v) is 15.6. The summed E-state index contributed by atoms with van der Waals surface area (Å²) in [5, 5.41) is 3.02. The molecule has 0 bridgehead atoms. The quantitative estimate of drug-likeness (QED) is 0.570. The summed E-state index contributed by atoms with van der Waals surface area (Å²) in [6.45, 7) is 5.41. The second-order valence-corrected chi connectivity index (χ2v) is 7.79. The summed E-state index contributed by atoms with van der Waals surface area (Å²) in [5.41, 5.74) is 0. The van der Waals surface area contributed by atoms with Gasteiger partial charge in [-0.2, -0.15) is 0 Å². The lowest BCUT2D eigenvalue weighted by Crippen LogP contribution is -2.39. The molecule has 0 aromatic heterocycles. The Morgan fingerprint density at radius 1 is 1.36 bits per heavy atom. The Kier molecular flexibility index (Phi) is 7.76. The van der Waals surface area contributed by atoms with Crippen LogP contribution in [0.3, 0.4) is 0 Å². The fourth-order valence-electron chi connectivity index (χ4n) is 2.73. The normalized spacial score (nSPS) is 19.1. The Morgan fingerprint density at radius 2 is 2.14 bits per heavy atom. The Balaban J connectivity index is 1.56. The highest BCUT2D eigenvalue weighted by atomic mass is 79.9. The van der Waals surface area contributed by atoms with Crippen LogP contribution in [0.2, 0.25) is 0 Å². The monoisotopic (exact) mass is 384 g/mol. The van der Waals surface area contributed by atoms with Crippen LogP contribution in [-0.2, 0) is 4.79 Å². The van der Waals surface area contributed by atoms with Crippen LogP contribution >= 0.6 is 27.7 Å². The van der Waals surface area contributed by atoms with Gasteiger partial charge in [-0.1, -0.05) is 22.4 Å². The molecule has 1 saturated heterocycles. The van der Waals surface area contributed by atoms with Crippen LogP contribution in [0.15, 0.2) is 33.6 Å². The summed E-state index contributed by atoms with van der Waals surface area (Å²) in [5.74, 6) is 0.612. The number of hydrogen-bond donors (Lipinski definition) is 1. The van der Waals surface area contributed by atoms with Crippen molar-refractivity contribution in [3.8, 4) is 0 Å². The topological polar surface area (TPSA) is 32.3 Å². The van der Waals surface area contributed by atoms with Crippen molar-refractivity contribution in [1.29, 1.82) is 0 Å². The molecule has 1 aromatic carbocycles. The van der Waals surface area contributed by atoms with Crippen LogP contribution in [0.4, 0.5) is 0 Å². The average molecular weight is 385 g/mol. The Bertz CT molecular complexity index is 466. The lowest BCUT2D eigenvalue weighted by Gasteiger charge is -2.33. The third kappa shape index (κ3) is 6.31. The lowest BCUT2D eigenvalue weighted by atomic mass is 10.0. The van der Waals surface area contributed by atoms with Gasteiger partial charge < -0.3 is 10.2 Å². The van der Waals surface area contributed by atoms with Gasteiger partial charge in [0.15, 0.2) is 0 Å². The number of thioether (sulfide) groups is 1. The molecule has 1 N–H and O–H groups in total. The highest BCUT2D eigenvalue weighted by Gasteiger charge is 2.17. The van der Waals surface area contributed by atoms with E-state index in [0.29, 0.717) is 11.8 Å². The van der Waals surface area contributed by atoms with Crippen LogP contribution in [0, 0.1) is 0 Å². The van der Waals surface area contributed by atoms with Gasteiger partial charge >= 0.3 is 0 Å².